The van der Waals surface area contributed by atoms with E-state index in [0.717, 1.165) is 19.3 Å². The van der Waals surface area contributed by atoms with Gasteiger partial charge in [-0.1, -0.05) is 0 Å². The minimum atomic E-state index is -6.15. The number of carbonyl (C=O) groups excluding carboxylic acids is 1. The summed E-state index contributed by atoms with van der Waals surface area (Å²) in [6.07, 6.45) is -5.61. The first-order valence-electron chi connectivity index (χ1n) is 6.36. The number of carbonyl (C=O) groups is 1. The van der Waals surface area contributed by atoms with Gasteiger partial charge in [0.2, 0.25) is 0 Å². The van der Waals surface area contributed by atoms with Crippen molar-refractivity contribution < 1.29 is 40.1 Å². The number of alkyl halides is 4. The summed E-state index contributed by atoms with van der Waals surface area (Å²) in [7, 11) is -6.15. The predicted molar refractivity (Wildman–Crippen MR) is 61.4 cm³/mol. The van der Waals surface area contributed by atoms with Crippen LogP contribution in [0.2, 0.25) is 0 Å². The Labute approximate surface area is 118 Å². The Bertz CT molecular complexity index is 531. The molecule has 0 aromatic rings. The summed E-state index contributed by atoms with van der Waals surface area (Å²) in [6, 6.07) is 0. The van der Waals surface area contributed by atoms with E-state index in [0.29, 0.717) is 12.3 Å². The minimum absolute atomic E-state index is 0.0320. The molecule has 1 N–H and O–H groups in total. The Kier molecular flexibility index (Phi) is 3.98. The van der Waals surface area contributed by atoms with Gasteiger partial charge in [-0.15, -0.1) is 0 Å². The lowest BCUT2D eigenvalue weighted by Gasteiger charge is -2.26. The summed E-state index contributed by atoms with van der Waals surface area (Å²) in [5.74, 6) is -1.25. The SMILES string of the molecule is O=C(CC(F)(C(F)(F)F)S(=O)(=O)O)OC1CC2CCC1C2. The third-order valence-electron chi connectivity index (χ3n) is 4.16. The molecule has 0 spiro atoms. The van der Waals surface area contributed by atoms with E-state index < -0.39 is 39.8 Å². The van der Waals surface area contributed by atoms with Crippen LogP contribution in [0.1, 0.15) is 32.1 Å². The molecule has 0 radical (unpaired) electrons. The number of rotatable bonds is 4. The largest absolute Gasteiger partial charge is 0.462 e. The van der Waals surface area contributed by atoms with Gasteiger partial charge in [0.15, 0.2) is 0 Å². The molecule has 2 rings (SSSR count). The van der Waals surface area contributed by atoms with Crippen LogP contribution in [0.4, 0.5) is 17.6 Å². The maximum absolute atomic E-state index is 13.7. The lowest BCUT2D eigenvalue weighted by Crippen LogP contribution is -2.49. The number of fused-ring (bicyclic) bond motifs is 2. The van der Waals surface area contributed by atoms with Crippen LogP contribution in [-0.4, -0.2) is 36.2 Å². The van der Waals surface area contributed by atoms with Gasteiger partial charge >= 0.3 is 27.3 Å². The zero-order valence-electron chi connectivity index (χ0n) is 10.8. The summed E-state index contributed by atoms with van der Waals surface area (Å²) in [6.45, 7) is 0. The van der Waals surface area contributed by atoms with Gasteiger partial charge in [0.1, 0.15) is 12.5 Å². The second-order valence-electron chi connectivity index (χ2n) is 5.58. The highest BCUT2D eigenvalue weighted by Crippen LogP contribution is 2.46. The van der Waals surface area contributed by atoms with E-state index in [9.17, 15) is 30.8 Å². The summed E-state index contributed by atoms with van der Waals surface area (Å²) in [4.78, 5) is 11.4. The van der Waals surface area contributed by atoms with Gasteiger partial charge in [0, 0.05) is 0 Å². The molecule has 10 heteroatoms. The lowest BCUT2D eigenvalue weighted by atomic mass is 9.98. The van der Waals surface area contributed by atoms with Crippen molar-refractivity contribution in [2.75, 3.05) is 0 Å². The molecule has 0 saturated heterocycles. The van der Waals surface area contributed by atoms with Crippen molar-refractivity contribution in [1.82, 2.24) is 0 Å². The lowest BCUT2D eigenvalue weighted by molar-refractivity contribution is -0.207. The Morgan fingerprint density at radius 2 is 1.81 bits per heavy atom. The van der Waals surface area contributed by atoms with Crippen LogP contribution in [0.15, 0.2) is 0 Å². The van der Waals surface area contributed by atoms with Crippen LogP contribution in [0.3, 0.4) is 0 Å². The second kappa shape index (κ2) is 5.08. The van der Waals surface area contributed by atoms with Crippen molar-refractivity contribution in [3.63, 3.8) is 0 Å². The fourth-order valence-corrected chi connectivity index (χ4v) is 3.66. The first-order valence-corrected chi connectivity index (χ1v) is 7.80. The molecule has 0 heterocycles. The second-order valence-corrected chi connectivity index (χ2v) is 7.18. The van der Waals surface area contributed by atoms with Crippen LogP contribution in [0.25, 0.3) is 0 Å². The Balaban J connectivity index is 2.06. The molecule has 0 aromatic heterocycles. The number of esters is 1. The van der Waals surface area contributed by atoms with Gasteiger partial charge in [-0.05, 0) is 37.5 Å². The molecule has 4 unspecified atom stereocenters. The molecule has 0 amide bonds. The third-order valence-corrected chi connectivity index (χ3v) is 5.35. The molecule has 0 aromatic carbocycles. The van der Waals surface area contributed by atoms with Crippen LogP contribution in [-0.2, 0) is 19.6 Å². The molecule has 2 fully saturated rings. The summed E-state index contributed by atoms with van der Waals surface area (Å²) < 4.78 is 85.7. The summed E-state index contributed by atoms with van der Waals surface area (Å²) in [5, 5.41) is -5.05. The van der Waals surface area contributed by atoms with E-state index in [1.165, 1.54) is 0 Å². The molecule has 21 heavy (non-hydrogen) atoms. The highest BCUT2D eigenvalue weighted by atomic mass is 32.2. The molecular weight excluding hydrogens is 320 g/mol. The quantitative estimate of drug-likeness (QED) is 0.484. The van der Waals surface area contributed by atoms with Gasteiger partial charge in [0.25, 0.3) is 0 Å². The van der Waals surface area contributed by atoms with Crippen molar-refractivity contribution in [3.8, 4) is 0 Å². The standard InChI is InChI=1S/C11H14F4O5S/c12-10(11(13,14)15,21(17,18)19)5-9(16)20-8-4-6-1-2-7(8)3-6/h6-8H,1-5H2,(H,17,18,19). The number of halogens is 4. The van der Waals surface area contributed by atoms with Crippen molar-refractivity contribution in [2.45, 2.75) is 49.4 Å². The molecule has 2 aliphatic carbocycles. The summed E-state index contributed by atoms with van der Waals surface area (Å²) >= 11 is 0. The molecule has 2 saturated carbocycles. The molecule has 122 valence electrons. The zero-order chi connectivity index (χ0) is 16.1. The molecule has 2 aliphatic rings. The third kappa shape index (κ3) is 3.01. The van der Waals surface area contributed by atoms with Gasteiger partial charge in [-0.3, -0.25) is 9.35 Å². The molecule has 4 atom stereocenters. The van der Waals surface area contributed by atoms with E-state index in [4.69, 9.17) is 9.29 Å². The number of hydrogen-bond acceptors (Lipinski definition) is 4. The Morgan fingerprint density at radius 1 is 1.19 bits per heavy atom. The van der Waals surface area contributed by atoms with E-state index in [2.05, 4.69) is 0 Å². The van der Waals surface area contributed by atoms with Gasteiger partial charge in [-0.25, -0.2) is 4.39 Å². The van der Waals surface area contributed by atoms with Crippen molar-refractivity contribution in [3.05, 3.63) is 0 Å². The monoisotopic (exact) mass is 334 g/mol. The molecular formula is C11H14F4O5S. The van der Waals surface area contributed by atoms with Crippen molar-refractivity contribution in [2.24, 2.45) is 11.8 Å². The van der Waals surface area contributed by atoms with E-state index in [1.54, 1.807) is 0 Å². The average molecular weight is 334 g/mol. The van der Waals surface area contributed by atoms with Gasteiger partial charge in [-0.2, -0.15) is 21.6 Å². The average Bonchev–Trinajstić information content (AvgIpc) is 2.87. The normalized spacial score (nSPS) is 32.0. The van der Waals surface area contributed by atoms with Gasteiger partial charge < -0.3 is 4.74 Å². The van der Waals surface area contributed by atoms with Gasteiger partial charge in [0.05, 0.1) is 0 Å². The number of ether oxygens (including phenoxy) is 1. The molecule has 0 aliphatic heterocycles. The molecule has 5 nitrogen and oxygen atoms in total. The summed E-state index contributed by atoms with van der Waals surface area (Å²) in [5.41, 5.74) is 0. The maximum atomic E-state index is 13.7. The van der Waals surface area contributed by atoms with Crippen LogP contribution >= 0.6 is 0 Å². The smallest absolute Gasteiger partial charge is 0.440 e. The van der Waals surface area contributed by atoms with Crippen LogP contribution in [0.5, 0.6) is 0 Å². The Morgan fingerprint density at radius 3 is 2.19 bits per heavy atom. The van der Waals surface area contributed by atoms with E-state index in [-0.39, 0.29) is 5.92 Å². The fraction of sp³-hybridized carbons (Fsp3) is 0.909. The first-order chi connectivity index (χ1) is 9.44. The zero-order valence-corrected chi connectivity index (χ0v) is 11.6. The minimum Gasteiger partial charge on any atom is -0.462 e. The maximum Gasteiger partial charge on any atom is 0.440 e. The Hall–Kier alpha value is -0.900. The first kappa shape index (κ1) is 16.5. The predicted octanol–water partition coefficient (Wildman–Crippen LogP) is 2.22. The van der Waals surface area contributed by atoms with Crippen molar-refractivity contribution in [1.29, 1.82) is 0 Å². The number of hydrogen-bond donors (Lipinski definition) is 1. The fourth-order valence-electron chi connectivity index (χ4n) is 3.06. The highest BCUT2D eigenvalue weighted by molar-refractivity contribution is 7.87. The van der Waals surface area contributed by atoms with E-state index in [1.807, 2.05) is 0 Å². The van der Waals surface area contributed by atoms with Crippen LogP contribution in [0, 0.1) is 11.8 Å². The van der Waals surface area contributed by atoms with E-state index >= 15 is 0 Å². The topological polar surface area (TPSA) is 80.7 Å². The highest BCUT2D eigenvalue weighted by Gasteiger charge is 2.67. The molecule has 2 bridgehead atoms. The van der Waals surface area contributed by atoms with Crippen molar-refractivity contribution >= 4 is 16.1 Å². The van der Waals surface area contributed by atoms with Crippen LogP contribution < -0.4 is 0 Å².